The van der Waals surface area contributed by atoms with E-state index in [0.717, 1.165) is 11.8 Å². The molecule has 1 heterocycles. The SMILES string of the molecule is CC(=O)c1ccc(N2C(=O)/C(=C/c3cccc([N+](=O)[O-])c3)SC2=S)cc1. The average molecular weight is 384 g/mol. The summed E-state index contributed by atoms with van der Waals surface area (Å²) in [7, 11) is 0. The predicted molar refractivity (Wildman–Crippen MR) is 105 cm³/mol. The fourth-order valence-electron chi connectivity index (χ4n) is 2.42. The number of nitro groups is 1. The van der Waals surface area contributed by atoms with Gasteiger partial charge in [0.05, 0.1) is 15.5 Å². The van der Waals surface area contributed by atoms with Crippen molar-refractivity contribution in [2.24, 2.45) is 0 Å². The molecule has 1 aliphatic rings. The van der Waals surface area contributed by atoms with Gasteiger partial charge in [-0.3, -0.25) is 24.6 Å². The van der Waals surface area contributed by atoms with Crippen LogP contribution in [0.25, 0.3) is 6.08 Å². The molecular formula is C18H12N2O4S2. The largest absolute Gasteiger partial charge is 0.295 e. The number of benzene rings is 2. The van der Waals surface area contributed by atoms with Crippen LogP contribution in [0.15, 0.2) is 53.4 Å². The van der Waals surface area contributed by atoms with E-state index in [0.29, 0.717) is 26.0 Å². The number of hydrogen-bond acceptors (Lipinski definition) is 6. The molecule has 0 bridgehead atoms. The van der Waals surface area contributed by atoms with E-state index >= 15 is 0 Å². The Morgan fingerprint density at radius 1 is 1.23 bits per heavy atom. The second-order valence-corrected chi connectivity index (χ2v) is 7.15. The normalized spacial score (nSPS) is 15.6. The molecule has 0 saturated carbocycles. The molecule has 0 N–H and O–H groups in total. The van der Waals surface area contributed by atoms with E-state index in [4.69, 9.17) is 12.2 Å². The second-order valence-electron chi connectivity index (χ2n) is 5.47. The van der Waals surface area contributed by atoms with E-state index in [1.54, 1.807) is 42.5 Å². The number of thioether (sulfide) groups is 1. The molecule has 6 nitrogen and oxygen atoms in total. The van der Waals surface area contributed by atoms with Gasteiger partial charge in [0, 0.05) is 17.7 Å². The first kappa shape index (κ1) is 18.0. The van der Waals surface area contributed by atoms with Gasteiger partial charge in [-0.15, -0.1) is 0 Å². The van der Waals surface area contributed by atoms with Gasteiger partial charge in [0.25, 0.3) is 11.6 Å². The van der Waals surface area contributed by atoms with Crippen molar-refractivity contribution in [3.05, 3.63) is 74.7 Å². The van der Waals surface area contributed by atoms with Crippen molar-refractivity contribution in [1.82, 2.24) is 0 Å². The summed E-state index contributed by atoms with van der Waals surface area (Å²) in [5.74, 6) is -0.366. The van der Waals surface area contributed by atoms with E-state index in [-0.39, 0.29) is 17.4 Å². The van der Waals surface area contributed by atoms with E-state index in [2.05, 4.69) is 0 Å². The highest BCUT2D eigenvalue weighted by atomic mass is 32.2. The van der Waals surface area contributed by atoms with Gasteiger partial charge in [0.2, 0.25) is 0 Å². The van der Waals surface area contributed by atoms with Crippen LogP contribution in [0.4, 0.5) is 11.4 Å². The maximum absolute atomic E-state index is 12.7. The number of anilines is 1. The highest BCUT2D eigenvalue weighted by molar-refractivity contribution is 8.27. The number of Topliss-reactive ketones (excluding diaryl/α,β-unsaturated/α-hetero) is 1. The number of amides is 1. The monoisotopic (exact) mass is 384 g/mol. The molecular weight excluding hydrogens is 372 g/mol. The molecule has 8 heteroatoms. The summed E-state index contributed by atoms with van der Waals surface area (Å²) < 4.78 is 0.363. The van der Waals surface area contributed by atoms with Crippen molar-refractivity contribution in [3.63, 3.8) is 0 Å². The van der Waals surface area contributed by atoms with Gasteiger partial charge in [-0.2, -0.15) is 0 Å². The van der Waals surface area contributed by atoms with Crippen LogP contribution < -0.4 is 4.90 Å². The first-order valence-corrected chi connectivity index (χ1v) is 8.73. The fourth-order valence-corrected chi connectivity index (χ4v) is 3.71. The number of nitrogens with zero attached hydrogens (tertiary/aromatic N) is 2. The van der Waals surface area contributed by atoms with E-state index in [1.807, 2.05) is 0 Å². The van der Waals surface area contributed by atoms with Gasteiger partial charge < -0.3 is 0 Å². The Kier molecular flexibility index (Phi) is 4.97. The predicted octanol–water partition coefficient (Wildman–Crippen LogP) is 4.20. The number of non-ortho nitro benzene ring substituents is 1. The van der Waals surface area contributed by atoms with Gasteiger partial charge in [0.15, 0.2) is 10.1 Å². The van der Waals surface area contributed by atoms with E-state index in [1.165, 1.54) is 24.0 Å². The number of hydrogen-bond donors (Lipinski definition) is 0. The van der Waals surface area contributed by atoms with E-state index < -0.39 is 4.92 Å². The fraction of sp³-hybridized carbons (Fsp3) is 0.0556. The topological polar surface area (TPSA) is 80.5 Å². The third kappa shape index (κ3) is 3.56. The minimum atomic E-state index is -0.487. The lowest BCUT2D eigenvalue weighted by Gasteiger charge is -2.14. The highest BCUT2D eigenvalue weighted by Crippen LogP contribution is 2.36. The molecule has 1 aliphatic heterocycles. The number of carbonyl (C=O) groups is 2. The standard InChI is InChI=1S/C18H12N2O4S2/c1-11(21)13-5-7-14(8-6-13)19-17(22)16(26-18(19)25)10-12-3-2-4-15(9-12)20(23)24/h2-10H,1H3/b16-10-. The van der Waals surface area contributed by atoms with Crippen LogP contribution in [-0.4, -0.2) is 20.9 Å². The summed E-state index contributed by atoms with van der Waals surface area (Å²) >= 11 is 6.43. The Bertz CT molecular complexity index is 967. The molecule has 0 aliphatic carbocycles. The lowest BCUT2D eigenvalue weighted by atomic mass is 10.1. The van der Waals surface area contributed by atoms with Crippen molar-refractivity contribution < 1.29 is 14.5 Å². The van der Waals surface area contributed by atoms with Crippen molar-refractivity contribution in [2.45, 2.75) is 6.92 Å². The van der Waals surface area contributed by atoms with Crippen LogP contribution in [0, 0.1) is 10.1 Å². The number of ketones is 1. The Labute approximate surface area is 158 Å². The Hall–Kier alpha value is -2.84. The van der Waals surface area contributed by atoms with Crippen LogP contribution in [0.2, 0.25) is 0 Å². The number of thiocarbonyl (C=S) groups is 1. The zero-order chi connectivity index (χ0) is 18.8. The molecule has 26 heavy (non-hydrogen) atoms. The first-order chi connectivity index (χ1) is 12.4. The molecule has 1 amide bonds. The number of nitro benzene ring substituents is 1. The average Bonchev–Trinajstić information content (AvgIpc) is 2.89. The zero-order valence-electron chi connectivity index (χ0n) is 13.5. The quantitative estimate of drug-likeness (QED) is 0.258. The molecule has 130 valence electrons. The molecule has 1 saturated heterocycles. The minimum absolute atomic E-state index is 0.0472. The third-order valence-electron chi connectivity index (χ3n) is 3.70. The molecule has 3 rings (SSSR count). The van der Waals surface area contributed by atoms with Crippen molar-refractivity contribution >= 4 is 57.4 Å². The Balaban J connectivity index is 1.90. The maximum atomic E-state index is 12.7. The van der Waals surface area contributed by atoms with Crippen molar-refractivity contribution in [1.29, 1.82) is 0 Å². The van der Waals surface area contributed by atoms with Gasteiger partial charge in [-0.1, -0.05) is 36.1 Å². The third-order valence-corrected chi connectivity index (χ3v) is 5.01. The van der Waals surface area contributed by atoms with Crippen LogP contribution in [0.5, 0.6) is 0 Å². The summed E-state index contributed by atoms with van der Waals surface area (Å²) in [6.45, 7) is 1.47. The first-order valence-electron chi connectivity index (χ1n) is 7.50. The highest BCUT2D eigenvalue weighted by Gasteiger charge is 2.33. The lowest BCUT2D eigenvalue weighted by Crippen LogP contribution is -2.27. The van der Waals surface area contributed by atoms with Gasteiger partial charge in [-0.05, 0) is 42.8 Å². The van der Waals surface area contributed by atoms with Crippen LogP contribution in [-0.2, 0) is 4.79 Å². The Morgan fingerprint density at radius 3 is 2.54 bits per heavy atom. The Morgan fingerprint density at radius 2 is 1.92 bits per heavy atom. The summed E-state index contributed by atoms with van der Waals surface area (Å²) in [6.07, 6.45) is 1.58. The summed E-state index contributed by atoms with van der Waals surface area (Å²) in [6, 6.07) is 12.6. The molecule has 2 aromatic carbocycles. The van der Waals surface area contributed by atoms with Crippen molar-refractivity contribution in [3.8, 4) is 0 Å². The molecule has 0 atom stereocenters. The van der Waals surface area contributed by atoms with Crippen LogP contribution in [0.1, 0.15) is 22.8 Å². The lowest BCUT2D eigenvalue weighted by molar-refractivity contribution is -0.384. The summed E-state index contributed by atoms with van der Waals surface area (Å²) in [5.41, 5.74) is 1.62. The molecule has 2 aromatic rings. The molecule has 0 unspecified atom stereocenters. The smallest absolute Gasteiger partial charge is 0.270 e. The van der Waals surface area contributed by atoms with Crippen LogP contribution in [0.3, 0.4) is 0 Å². The number of rotatable bonds is 4. The van der Waals surface area contributed by atoms with Gasteiger partial charge in [0.1, 0.15) is 0 Å². The minimum Gasteiger partial charge on any atom is -0.295 e. The van der Waals surface area contributed by atoms with Crippen LogP contribution >= 0.6 is 24.0 Å². The molecule has 1 fully saturated rings. The summed E-state index contributed by atoms with van der Waals surface area (Å²) in [4.78, 5) is 36.2. The molecule has 0 radical (unpaired) electrons. The molecule has 0 aromatic heterocycles. The van der Waals surface area contributed by atoms with Gasteiger partial charge >= 0.3 is 0 Å². The number of carbonyl (C=O) groups excluding carboxylic acids is 2. The van der Waals surface area contributed by atoms with E-state index in [9.17, 15) is 19.7 Å². The second kappa shape index (κ2) is 7.19. The summed E-state index contributed by atoms with van der Waals surface area (Å²) in [5, 5.41) is 10.9. The van der Waals surface area contributed by atoms with Crippen molar-refractivity contribution in [2.75, 3.05) is 4.90 Å². The van der Waals surface area contributed by atoms with Gasteiger partial charge in [-0.25, -0.2) is 0 Å². The zero-order valence-corrected chi connectivity index (χ0v) is 15.2. The maximum Gasteiger partial charge on any atom is 0.270 e. The molecule has 0 spiro atoms.